The second-order valence-electron chi connectivity index (χ2n) is 6.69. The van der Waals surface area contributed by atoms with Crippen molar-refractivity contribution in [3.05, 3.63) is 47.1 Å². The van der Waals surface area contributed by atoms with Crippen molar-refractivity contribution in [3.63, 3.8) is 0 Å². The highest BCUT2D eigenvalue weighted by atomic mass is 35.5. The zero-order chi connectivity index (χ0) is 23.8. The average Bonchev–Trinajstić information content (AvgIpc) is 3.08. The van der Waals surface area contributed by atoms with Gasteiger partial charge >= 0.3 is 6.18 Å². The van der Waals surface area contributed by atoms with Crippen molar-refractivity contribution in [2.24, 2.45) is 7.05 Å². The first-order valence-electron chi connectivity index (χ1n) is 8.82. The van der Waals surface area contributed by atoms with Crippen LogP contribution in [0.25, 0.3) is 11.1 Å². The van der Waals surface area contributed by atoms with Crippen LogP contribution in [0, 0.1) is 6.92 Å². The van der Waals surface area contributed by atoms with Gasteiger partial charge in [0.15, 0.2) is 10.8 Å². The van der Waals surface area contributed by atoms with Gasteiger partial charge in [-0.3, -0.25) is 14.2 Å². The first-order chi connectivity index (χ1) is 14.8. The Balaban J connectivity index is 2.07. The van der Waals surface area contributed by atoms with E-state index >= 15 is 0 Å². The van der Waals surface area contributed by atoms with E-state index in [2.05, 4.69) is 25.1 Å². The number of sulfonamides is 1. The van der Waals surface area contributed by atoms with Gasteiger partial charge in [0.05, 0.1) is 5.69 Å². The Morgan fingerprint density at radius 1 is 1.25 bits per heavy atom. The topological polar surface area (TPSA) is 119 Å². The van der Waals surface area contributed by atoms with Crippen molar-refractivity contribution in [3.8, 4) is 11.1 Å². The van der Waals surface area contributed by atoms with Crippen molar-refractivity contribution in [2.45, 2.75) is 24.9 Å². The summed E-state index contributed by atoms with van der Waals surface area (Å²) in [6, 6.07) is 3.12. The predicted molar refractivity (Wildman–Crippen MR) is 111 cm³/mol. The van der Waals surface area contributed by atoms with Gasteiger partial charge in [-0.25, -0.2) is 18.4 Å². The van der Waals surface area contributed by atoms with Gasteiger partial charge in [-0.1, -0.05) is 11.6 Å². The summed E-state index contributed by atoms with van der Waals surface area (Å²) >= 11 is 6.07. The number of halogens is 4. The fourth-order valence-corrected chi connectivity index (χ4v) is 4.50. The lowest BCUT2D eigenvalue weighted by molar-refractivity contribution is -0.143. The SMILES string of the molecule is CC(=O)Nc1cc(-c2cnc(Cl)c(NS(=O)(=O)c3cn(C)nc3C(F)(F)F)c2C)ccn1. The summed E-state index contributed by atoms with van der Waals surface area (Å²) in [5.74, 6) is -0.0948. The fourth-order valence-electron chi connectivity index (χ4n) is 2.88. The lowest BCUT2D eigenvalue weighted by Gasteiger charge is -2.15. The number of hydrogen-bond donors (Lipinski definition) is 2. The molecule has 0 bridgehead atoms. The lowest BCUT2D eigenvalue weighted by Crippen LogP contribution is -2.19. The van der Waals surface area contributed by atoms with Crippen LogP contribution in [0.15, 0.2) is 35.6 Å². The number of anilines is 2. The maximum atomic E-state index is 13.3. The van der Waals surface area contributed by atoms with E-state index in [4.69, 9.17) is 11.6 Å². The smallest absolute Gasteiger partial charge is 0.311 e. The normalized spacial score (nSPS) is 12.0. The van der Waals surface area contributed by atoms with Crippen LogP contribution in [-0.4, -0.2) is 34.1 Å². The van der Waals surface area contributed by atoms with E-state index in [0.717, 1.165) is 10.9 Å². The van der Waals surface area contributed by atoms with Crippen LogP contribution in [-0.2, 0) is 28.0 Å². The van der Waals surface area contributed by atoms with Crippen molar-refractivity contribution in [2.75, 3.05) is 10.0 Å². The van der Waals surface area contributed by atoms with Crippen LogP contribution < -0.4 is 10.0 Å². The van der Waals surface area contributed by atoms with Crippen LogP contribution >= 0.6 is 11.6 Å². The Bertz CT molecular complexity index is 1310. The monoisotopic (exact) mass is 488 g/mol. The second kappa shape index (κ2) is 8.39. The Morgan fingerprint density at radius 3 is 2.56 bits per heavy atom. The largest absolute Gasteiger partial charge is 0.436 e. The van der Waals surface area contributed by atoms with Crippen LogP contribution in [0.3, 0.4) is 0 Å². The van der Waals surface area contributed by atoms with Crippen molar-refractivity contribution in [1.29, 1.82) is 0 Å². The second-order valence-corrected chi connectivity index (χ2v) is 8.70. The van der Waals surface area contributed by atoms with E-state index in [1.54, 1.807) is 6.07 Å². The van der Waals surface area contributed by atoms with Crippen molar-refractivity contribution < 1.29 is 26.4 Å². The van der Waals surface area contributed by atoms with Gasteiger partial charge in [0.2, 0.25) is 5.91 Å². The zero-order valence-corrected chi connectivity index (χ0v) is 18.4. The molecule has 32 heavy (non-hydrogen) atoms. The molecule has 0 spiro atoms. The molecule has 3 aromatic rings. The first-order valence-corrected chi connectivity index (χ1v) is 10.7. The molecule has 3 rings (SSSR count). The average molecular weight is 489 g/mol. The van der Waals surface area contributed by atoms with Gasteiger partial charge in [0.25, 0.3) is 10.0 Å². The molecule has 0 aromatic carbocycles. The molecule has 0 saturated heterocycles. The minimum absolute atomic E-state index is 0.195. The summed E-state index contributed by atoms with van der Waals surface area (Å²) in [6.07, 6.45) is -1.45. The number of nitrogens with zero attached hydrogens (tertiary/aromatic N) is 4. The third kappa shape index (κ3) is 4.83. The van der Waals surface area contributed by atoms with Crippen molar-refractivity contribution >= 4 is 39.0 Å². The lowest BCUT2D eigenvalue weighted by atomic mass is 10.0. The molecule has 0 unspecified atom stereocenters. The molecule has 3 heterocycles. The molecule has 0 aliphatic rings. The summed E-state index contributed by atoms with van der Waals surface area (Å²) in [6.45, 7) is 2.83. The van der Waals surface area contributed by atoms with Gasteiger partial charge in [-0.05, 0) is 30.2 Å². The molecule has 0 aliphatic carbocycles. The molecule has 3 aromatic heterocycles. The van der Waals surface area contributed by atoms with E-state index in [1.807, 2.05) is 0 Å². The number of amides is 1. The number of carbonyl (C=O) groups excluding carboxylic acids is 1. The molecule has 1 amide bonds. The number of aromatic nitrogens is 4. The number of nitrogens with one attached hydrogen (secondary N) is 2. The first kappa shape index (κ1) is 23.5. The van der Waals surface area contributed by atoms with E-state index in [0.29, 0.717) is 16.7 Å². The summed E-state index contributed by atoms with van der Waals surface area (Å²) in [4.78, 5) is 18.2. The van der Waals surface area contributed by atoms with Crippen LogP contribution in [0.2, 0.25) is 5.15 Å². The van der Waals surface area contributed by atoms with Gasteiger partial charge in [-0.15, -0.1) is 0 Å². The minimum Gasteiger partial charge on any atom is -0.311 e. The van der Waals surface area contributed by atoms with Crippen LogP contribution in [0.1, 0.15) is 18.2 Å². The Labute approximate surface area is 185 Å². The molecular weight excluding hydrogens is 473 g/mol. The zero-order valence-electron chi connectivity index (χ0n) is 16.8. The van der Waals surface area contributed by atoms with E-state index < -0.39 is 26.8 Å². The Morgan fingerprint density at radius 2 is 1.94 bits per heavy atom. The van der Waals surface area contributed by atoms with E-state index in [9.17, 15) is 26.4 Å². The maximum Gasteiger partial charge on any atom is 0.436 e. The quantitative estimate of drug-likeness (QED) is 0.529. The molecular formula is C18H16ClF3N6O3S. The molecule has 0 aliphatic heterocycles. The highest BCUT2D eigenvalue weighted by Gasteiger charge is 2.41. The highest BCUT2D eigenvalue weighted by molar-refractivity contribution is 7.92. The number of alkyl halides is 3. The Kier molecular flexibility index (Phi) is 6.15. The van der Waals surface area contributed by atoms with E-state index in [1.165, 1.54) is 39.4 Å². The van der Waals surface area contributed by atoms with Gasteiger partial charge < -0.3 is 5.32 Å². The number of carbonyl (C=O) groups is 1. The minimum atomic E-state index is -4.98. The highest BCUT2D eigenvalue weighted by Crippen LogP contribution is 2.37. The molecule has 0 atom stereocenters. The van der Waals surface area contributed by atoms with Crippen LogP contribution in [0.5, 0.6) is 0 Å². The molecule has 14 heteroatoms. The number of hydrogen-bond acceptors (Lipinski definition) is 6. The molecule has 0 saturated carbocycles. The summed E-state index contributed by atoms with van der Waals surface area (Å²) < 4.78 is 68.2. The Hall–Kier alpha value is -3.19. The number of aryl methyl sites for hydroxylation is 1. The summed E-state index contributed by atoms with van der Waals surface area (Å²) in [5.41, 5.74) is -0.518. The van der Waals surface area contributed by atoms with Gasteiger partial charge in [0.1, 0.15) is 10.7 Å². The van der Waals surface area contributed by atoms with Gasteiger partial charge in [-0.2, -0.15) is 18.3 Å². The van der Waals surface area contributed by atoms with E-state index in [-0.39, 0.29) is 22.6 Å². The predicted octanol–water partition coefficient (Wildman–Crippen LogP) is 3.62. The molecule has 2 N–H and O–H groups in total. The third-order valence-electron chi connectivity index (χ3n) is 4.26. The number of pyridine rings is 2. The summed E-state index contributed by atoms with van der Waals surface area (Å²) in [7, 11) is -3.55. The fraction of sp³-hybridized carbons (Fsp3) is 0.222. The number of rotatable bonds is 5. The maximum absolute atomic E-state index is 13.3. The van der Waals surface area contributed by atoms with Crippen molar-refractivity contribution in [1.82, 2.24) is 19.7 Å². The third-order valence-corrected chi connectivity index (χ3v) is 5.89. The van der Waals surface area contributed by atoms with Crippen LogP contribution in [0.4, 0.5) is 24.7 Å². The molecule has 170 valence electrons. The van der Waals surface area contributed by atoms with Gasteiger partial charge in [0, 0.05) is 38.1 Å². The molecule has 0 fully saturated rings. The standard InChI is InChI=1S/C18H16ClF3N6O3S/c1-9-12(11-4-5-23-14(6-11)25-10(2)29)7-24-17(19)15(9)27-32(30,31)13-8-28(3)26-16(13)18(20,21)22/h4-8,27H,1-3H3,(H,23,25,29). The summed E-state index contributed by atoms with van der Waals surface area (Å²) in [5, 5.41) is 5.47. The molecule has 9 nitrogen and oxygen atoms in total. The molecule has 0 radical (unpaired) electrons.